The number of sulfonamides is 1. The quantitative estimate of drug-likeness (QED) is 0.854. The summed E-state index contributed by atoms with van der Waals surface area (Å²) >= 11 is 2.95. The van der Waals surface area contributed by atoms with Crippen molar-refractivity contribution in [3.05, 3.63) is 16.5 Å². The number of halogens is 1. The molecule has 1 heterocycles. The van der Waals surface area contributed by atoms with Crippen LogP contribution in [0.25, 0.3) is 0 Å². The van der Waals surface area contributed by atoms with E-state index in [1.165, 1.54) is 0 Å². The highest BCUT2D eigenvalue weighted by Gasteiger charge is 2.30. The van der Waals surface area contributed by atoms with E-state index >= 15 is 0 Å². The van der Waals surface area contributed by atoms with Crippen LogP contribution in [0, 0.1) is 5.92 Å². The van der Waals surface area contributed by atoms with E-state index in [1.54, 1.807) is 0 Å². The number of aromatic carboxylic acids is 1. The average Bonchev–Trinajstić information content (AvgIpc) is 2.75. The van der Waals surface area contributed by atoms with Gasteiger partial charge in [0.25, 0.3) is 0 Å². The molecular formula is C12H16BrNO5S. The van der Waals surface area contributed by atoms with Crippen LogP contribution in [-0.2, 0) is 10.0 Å². The summed E-state index contributed by atoms with van der Waals surface area (Å²) in [5.41, 5.74) is 0. The van der Waals surface area contributed by atoms with Gasteiger partial charge in [0.2, 0.25) is 15.8 Å². The summed E-state index contributed by atoms with van der Waals surface area (Å²) in [6.07, 6.45) is 3.88. The lowest BCUT2D eigenvalue weighted by Crippen LogP contribution is -2.40. The highest BCUT2D eigenvalue weighted by atomic mass is 79.9. The van der Waals surface area contributed by atoms with Crippen molar-refractivity contribution in [2.75, 3.05) is 0 Å². The van der Waals surface area contributed by atoms with Crippen LogP contribution < -0.4 is 4.72 Å². The molecule has 2 atom stereocenters. The van der Waals surface area contributed by atoms with Gasteiger partial charge in [0.15, 0.2) is 4.67 Å². The van der Waals surface area contributed by atoms with Gasteiger partial charge in [0, 0.05) is 12.1 Å². The standard InChI is InChI=1S/C12H16BrNO5S/c1-7-4-2-3-5-8(7)14-20(17,18)10-6-9(12(15)16)19-11(10)13/h6-8,14H,2-5H2,1H3,(H,15,16). The summed E-state index contributed by atoms with van der Waals surface area (Å²) in [5, 5.41) is 8.82. The molecule has 0 bridgehead atoms. The number of rotatable bonds is 4. The summed E-state index contributed by atoms with van der Waals surface area (Å²) < 4.78 is 32.0. The van der Waals surface area contributed by atoms with Crippen molar-refractivity contribution in [1.29, 1.82) is 0 Å². The third kappa shape index (κ3) is 3.24. The van der Waals surface area contributed by atoms with Gasteiger partial charge in [0.05, 0.1) is 0 Å². The molecule has 2 rings (SSSR count). The monoisotopic (exact) mass is 365 g/mol. The fourth-order valence-electron chi connectivity index (χ4n) is 2.39. The maximum absolute atomic E-state index is 12.3. The summed E-state index contributed by atoms with van der Waals surface area (Å²) in [6, 6.07) is 0.895. The maximum Gasteiger partial charge on any atom is 0.371 e. The Bertz CT molecular complexity index is 609. The number of furan rings is 1. The van der Waals surface area contributed by atoms with Gasteiger partial charge in [0.1, 0.15) is 4.90 Å². The molecule has 0 aromatic carbocycles. The Labute approximate surface area is 125 Å². The third-order valence-electron chi connectivity index (χ3n) is 3.57. The summed E-state index contributed by atoms with van der Waals surface area (Å²) in [4.78, 5) is 10.6. The van der Waals surface area contributed by atoms with Crippen LogP contribution in [0.5, 0.6) is 0 Å². The zero-order chi connectivity index (χ0) is 14.9. The van der Waals surface area contributed by atoms with Crippen LogP contribution in [0.1, 0.15) is 43.2 Å². The number of hydrogen-bond donors (Lipinski definition) is 2. The first kappa shape index (κ1) is 15.5. The Kier molecular flexibility index (Phi) is 4.55. The van der Waals surface area contributed by atoms with Crippen LogP contribution in [-0.4, -0.2) is 25.5 Å². The normalized spacial score (nSPS) is 23.7. The number of nitrogens with one attached hydrogen (secondary N) is 1. The van der Waals surface area contributed by atoms with E-state index in [9.17, 15) is 13.2 Å². The minimum Gasteiger partial charge on any atom is -0.475 e. The van der Waals surface area contributed by atoms with Gasteiger partial charge in [-0.15, -0.1) is 0 Å². The van der Waals surface area contributed by atoms with Gasteiger partial charge >= 0.3 is 5.97 Å². The van der Waals surface area contributed by atoms with E-state index < -0.39 is 21.8 Å². The van der Waals surface area contributed by atoms with Crippen molar-refractivity contribution in [3.63, 3.8) is 0 Å². The van der Waals surface area contributed by atoms with Crippen molar-refractivity contribution >= 4 is 31.9 Å². The number of carbonyl (C=O) groups is 1. The molecule has 2 N–H and O–H groups in total. The van der Waals surface area contributed by atoms with Crippen LogP contribution in [0.4, 0.5) is 0 Å². The number of carboxylic acids is 1. The molecule has 1 aliphatic rings. The molecule has 0 amide bonds. The second kappa shape index (κ2) is 5.87. The lowest BCUT2D eigenvalue weighted by Gasteiger charge is -2.29. The molecule has 1 fully saturated rings. The van der Waals surface area contributed by atoms with Gasteiger partial charge in [-0.2, -0.15) is 0 Å². The van der Waals surface area contributed by atoms with Gasteiger partial charge in [-0.25, -0.2) is 17.9 Å². The van der Waals surface area contributed by atoms with E-state index in [4.69, 9.17) is 9.52 Å². The highest BCUT2D eigenvalue weighted by Crippen LogP contribution is 2.29. The lowest BCUT2D eigenvalue weighted by molar-refractivity contribution is 0.0661. The highest BCUT2D eigenvalue weighted by molar-refractivity contribution is 9.10. The fourth-order valence-corrected chi connectivity index (χ4v) is 4.71. The van der Waals surface area contributed by atoms with E-state index in [2.05, 4.69) is 20.7 Å². The van der Waals surface area contributed by atoms with Gasteiger partial charge in [-0.3, -0.25) is 0 Å². The molecule has 8 heteroatoms. The lowest BCUT2D eigenvalue weighted by atomic mass is 9.87. The van der Waals surface area contributed by atoms with Gasteiger partial charge in [-0.05, 0) is 34.7 Å². The second-order valence-electron chi connectivity index (χ2n) is 5.04. The first-order chi connectivity index (χ1) is 9.31. The van der Waals surface area contributed by atoms with Crippen molar-refractivity contribution in [3.8, 4) is 0 Å². The van der Waals surface area contributed by atoms with Crippen molar-refractivity contribution in [2.45, 2.75) is 43.5 Å². The minimum absolute atomic E-state index is 0.0918. The molecule has 112 valence electrons. The Morgan fingerprint density at radius 2 is 2.10 bits per heavy atom. The first-order valence-electron chi connectivity index (χ1n) is 6.36. The molecule has 1 aromatic heterocycles. The molecule has 0 saturated heterocycles. The molecule has 1 aromatic rings. The average molecular weight is 366 g/mol. The molecule has 1 saturated carbocycles. The predicted molar refractivity (Wildman–Crippen MR) is 75.1 cm³/mol. The number of hydrogen-bond acceptors (Lipinski definition) is 4. The molecule has 0 radical (unpaired) electrons. The van der Waals surface area contributed by atoms with E-state index in [1.807, 2.05) is 6.92 Å². The largest absolute Gasteiger partial charge is 0.475 e. The molecular weight excluding hydrogens is 350 g/mol. The van der Waals surface area contributed by atoms with Crippen LogP contribution in [0.15, 0.2) is 20.0 Å². The SMILES string of the molecule is CC1CCCCC1NS(=O)(=O)c1cc(C(=O)O)oc1Br. The van der Waals surface area contributed by atoms with E-state index in [0.29, 0.717) is 0 Å². The molecule has 2 unspecified atom stereocenters. The minimum atomic E-state index is -3.79. The van der Waals surface area contributed by atoms with Crippen molar-refractivity contribution < 1.29 is 22.7 Å². The maximum atomic E-state index is 12.3. The molecule has 6 nitrogen and oxygen atoms in total. The van der Waals surface area contributed by atoms with E-state index in [0.717, 1.165) is 31.7 Å². The zero-order valence-electron chi connectivity index (χ0n) is 10.9. The summed E-state index contributed by atoms with van der Waals surface area (Å²) in [6.45, 7) is 2.01. The summed E-state index contributed by atoms with van der Waals surface area (Å²) in [5.74, 6) is -1.45. The van der Waals surface area contributed by atoms with Gasteiger partial charge in [-0.1, -0.05) is 19.8 Å². The third-order valence-corrected chi connectivity index (χ3v) is 5.92. The Hall–Kier alpha value is -0.860. The Balaban J connectivity index is 2.24. The van der Waals surface area contributed by atoms with Crippen LogP contribution in [0.2, 0.25) is 0 Å². The number of carboxylic acid groups (broad SMARTS) is 1. The Morgan fingerprint density at radius 1 is 1.45 bits per heavy atom. The second-order valence-corrected chi connectivity index (χ2v) is 7.45. The topological polar surface area (TPSA) is 96.6 Å². The zero-order valence-corrected chi connectivity index (χ0v) is 13.3. The first-order valence-corrected chi connectivity index (χ1v) is 8.64. The van der Waals surface area contributed by atoms with Gasteiger partial charge < -0.3 is 9.52 Å². The van der Waals surface area contributed by atoms with E-state index in [-0.39, 0.29) is 21.5 Å². The molecule has 0 aliphatic heterocycles. The molecule has 0 spiro atoms. The van der Waals surface area contributed by atoms with Crippen molar-refractivity contribution in [1.82, 2.24) is 4.72 Å². The Morgan fingerprint density at radius 3 is 2.65 bits per heavy atom. The molecule has 20 heavy (non-hydrogen) atoms. The predicted octanol–water partition coefficient (Wildman–Crippen LogP) is 2.60. The summed E-state index contributed by atoms with van der Waals surface area (Å²) in [7, 11) is -3.79. The van der Waals surface area contributed by atoms with Crippen LogP contribution >= 0.6 is 15.9 Å². The van der Waals surface area contributed by atoms with Crippen molar-refractivity contribution in [2.24, 2.45) is 5.92 Å². The smallest absolute Gasteiger partial charge is 0.371 e. The fraction of sp³-hybridized carbons (Fsp3) is 0.583. The van der Waals surface area contributed by atoms with Crippen LogP contribution in [0.3, 0.4) is 0 Å². The molecule has 1 aliphatic carbocycles.